The van der Waals surface area contributed by atoms with E-state index in [2.05, 4.69) is 10.6 Å². The predicted octanol–water partition coefficient (Wildman–Crippen LogP) is -0.136. The van der Waals surface area contributed by atoms with Gasteiger partial charge in [-0.3, -0.25) is 9.59 Å². The summed E-state index contributed by atoms with van der Waals surface area (Å²) in [5.74, 6) is 0.188. The number of nitrogens with one attached hydrogen (secondary N) is 2. The van der Waals surface area contributed by atoms with Gasteiger partial charge in [0.1, 0.15) is 0 Å². The lowest BCUT2D eigenvalue weighted by Crippen LogP contribution is -2.44. The Bertz CT molecular complexity index is 367. The third-order valence-electron chi connectivity index (χ3n) is 4.32. The van der Waals surface area contributed by atoms with Gasteiger partial charge in [0.25, 0.3) is 0 Å². The molecule has 2 N–H and O–H groups in total. The summed E-state index contributed by atoms with van der Waals surface area (Å²) in [5.41, 5.74) is 0. The summed E-state index contributed by atoms with van der Waals surface area (Å²) < 4.78 is 0. The van der Waals surface area contributed by atoms with E-state index in [4.69, 9.17) is 0 Å². The molecule has 5 heteroatoms. The Morgan fingerprint density at radius 1 is 1.28 bits per heavy atom. The quantitative estimate of drug-likeness (QED) is 0.731. The molecule has 2 aliphatic heterocycles. The van der Waals surface area contributed by atoms with E-state index in [1.54, 1.807) is 11.9 Å². The maximum atomic E-state index is 12.3. The second-order valence-corrected chi connectivity index (χ2v) is 5.93. The Kier molecular flexibility index (Phi) is 3.01. The molecule has 100 valence electrons. The number of carbonyl (C=O) groups is 2. The van der Waals surface area contributed by atoms with Gasteiger partial charge in [-0.25, -0.2) is 0 Å². The van der Waals surface area contributed by atoms with Gasteiger partial charge in [0.2, 0.25) is 11.8 Å². The number of carbonyl (C=O) groups excluding carboxylic acids is 2. The number of nitrogens with zero attached hydrogens (tertiary/aromatic N) is 1. The molecule has 1 aliphatic carbocycles. The topological polar surface area (TPSA) is 61.4 Å². The van der Waals surface area contributed by atoms with Crippen LogP contribution in [0.5, 0.6) is 0 Å². The van der Waals surface area contributed by atoms with Crippen LogP contribution in [-0.2, 0) is 9.59 Å². The molecule has 2 saturated heterocycles. The van der Waals surface area contributed by atoms with Crippen molar-refractivity contribution in [2.45, 2.75) is 50.2 Å². The first kappa shape index (κ1) is 12.0. The van der Waals surface area contributed by atoms with Crippen LogP contribution in [0.4, 0.5) is 0 Å². The van der Waals surface area contributed by atoms with Crippen molar-refractivity contribution in [2.75, 3.05) is 13.6 Å². The van der Waals surface area contributed by atoms with Gasteiger partial charge in [-0.15, -0.1) is 0 Å². The minimum atomic E-state index is -0.0236. The Labute approximate surface area is 107 Å². The number of likely N-dealkylation sites (N-methyl/N-ethyl adjacent to an activating group) is 1. The van der Waals surface area contributed by atoms with E-state index in [0.717, 1.165) is 25.7 Å². The Hall–Kier alpha value is -1.10. The van der Waals surface area contributed by atoms with Crippen molar-refractivity contribution in [1.82, 2.24) is 15.5 Å². The monoisotopic (exact) mass is 251 g/mol. The molecule has 3 fully saturated rings. The molecular weight excluding hydrogens is 230 g/mol. The summed E-state index contributed by atoms with van der Waals surface area (Å²) in [6.07, 6.45) is 5.40. The van der Waals surface area contributed by atoms with E-state index in [-0.39, 0.29) is 24.3 Å². The maximum absolute atomic E-state index is 12.3. The van der Waals surface area contributed by atoms with E-state index < -0.39 is 0 Å². The predicted molar refractivity (Wildman–Crippen MR) is 66.9 cm³/mol. The summed E-state index contributed by atoms with van der Waals surface area (Å²) in [6, 6.07) is 1.24. The Morgan fingerprint density at radius 3 is 2.61 bits per heavy atom. The highest BCUT2D eigenvalue weighted by atomic mass is 16.2. The van der Waals surface area contributed by atoms with Crippen LogP contribution in [-0.4, -0.2) is 48.4 Å². The number of amides is 2. The maximum Gasteiger partial charge on any atom is 0.239 e. The molecule has 0 aromatic heterocycles. The molecule has 2 heterocycles. The van der Waals surface area contributed by atoms with Crippen molar-refractivity contribution in [3.05, 3.63) is 0 Å². The van der Waals surface area contributed by atoms with E-state index in [1.807, 2.05) is 0 Å². The van der Waals surface area contributed by atoms with Crippen molar-refractivity contribution in [2.24, 2.45) is 5.92 Å². The van der Waals surface area contributed by atoms with Crippen LogP contribution in [0.15, 0.2) is 0 Å². The summed E-state index contributed by atoms with van der Waals surface area (Å²) in [7, 11) is 1.74. The fraction of sp³-hybridized carbons (Fsp3) is 0.846. The summed E-state index contributed by atoms with van der Waals surface area (Å²) >= 11 is 0. The van der Waals surface area contributed by atoms with Crippen LogP contribution >= 0.6 is 0 Å². The molecule has 2 amide bonds. The fourth-order valence-corrected chi connectivity index (χ4v) is 3.17. The van der Waals surface area contributed by atoms with Crippen LogP contribution in [0, 0.1) is 5.92 Å². The molecule has 0 spiro atoms. The summed E-state index contributed by atoms with van der Waals surface area (Å²) in [5, 5.41) is 6.38. The number of hydrogen-bond acceptors (Lipinski definition) is 3. The average Bonchev–Trinajstić information content (AvgIpc) is 2.91. The minimum Gasteiger partial charge on any atom is -0.352 e. The zero-order valence-corrected chi connectivity index (χ0v) is 10.8. The molecule has 3 rings (SSSR count). The largest absolute Gasteiger partial charge is 0.352 e. The second-order valence-electron chi connectivity index (χ2n) is 5.93. The van der Waals surface area contributed by atoms with Crippen molar-refractivity contribution in [1.29, 1.82) is 0 Å². The number of fused-ring (bicyclic) bond motifs is 2. The van der Waals surface area contributed by atoms with E-state index >= 15 is 0 Å². The van der Waals surface area contributed by atoms with Crippen LogP contribution in [0.1, 0.15) is 32.1 Å². The van der Waals surface area contributed by atoms with Gasteiger partial charge >= 0.3 is 0 Å². The smallest absolute Gasteiger partial charge is 0.239 e. The first-order valence-corrected chi connectivity index (χ1v) is 6.94. The van der Waals surface area contributed by atoms with Gasteiger partial charge in [0.05, 0.1) is 12.5 Å². The van der Waals surface area contributed by atoms with Gasteiger partial charge in [0, 0.05) is 25.2 Å². The van der Waals surface area contributed by atoms with Gasteiger partial charge in [-0.2, -0.15) is 0 Å². The molecule has 0 radical (unpaired) electrons. The molecular formula is C13H21N3O2. The van der Waals surface area contributed by atoms with Gasteiger partial charge in [0.15, 0.2) is 0 Å². The molecule has 5 nitrogen and oxygen atoms in total. The SMILES string of the molecule is CN(CC(=O)NC1CC1)C(=O)C1CC2CCC1N2. The summed E-state index contributed by atoms with van der Waals surface area (Å²) in [6.45, 7) is 0.198. The lowest BCUT2D eigenvalue weighted by molar-refractivity contribution is -0.138. The number of hydrogen-bond donors (Lipinski definition) is 2. The van der Waals surface area contributed by atoms with Crippen molar-refractivity contribution in [3.63, 3.8) is 0 Å². The van der Waals surface area contributed by atoms with Crippen LogP contribution < -0.4 is 10.6 Å². The first-order chi connectivity index (χ1) is 8.63. The fourth-order valence-electron chi connectivity index (χ4n) is 3.17. The van der Waals surface area contributed by atoms with Crippen LogP contribution in [0.3, 0.4) is 0 Å². The third-order valence-corrected chi connectivity index (χ3v) is 4.32. The average molecular weight is 251 g/mol. The first-order valence-electron chi connectivity index (χ1n) is 6.94. The molecule has 18 heavy (non-hydrogen) atoms. The highest BCUT2D eigenvalue weighted by molar-refractivity contribution is 5.86. The van der Waals surface area contributed by atoms with Crippen molar-refractivity contribution in [3.8, 4) is 0 Å². The summed E-state index contributed by atoms with van der Waals surface area (Å²) in [4.78, 5) is 25.5. The number of rotatable bonds is 4. The van der Waals surface area contributed by atoms with Gasteiger partial charge in [-0.1, -0.05) is 0 Å². The molecule has 3 unspecified atom stereocenters. The van der Waals surface area contributed by atoms with Gasteiger partial charge < -0.3 is 15.5 Å². The zero-order chi connectivity index (χ0) is 12.7. The normalized spacial score (nSPS) is 33.5. The second kappa shape index (κ2) is 4.53. The van der Waals surface area contributed by atoms with Crippen molar-refractivity contribution >= 4 is 11.8 Å². The molecule has 0 aromatic rings. The lowest BCUT2D eigenvalue weighted by Gasteiger charge is -2.25. The minimum absolute atomic E-state index is 0.0236. The molecule has 1 saturated carbocycles. The molecule has 3 atom stereocenters. The highest BCUT2D eigenvalue weighted by Gasteiger charge is 2.43. The van der Waals surface area contributed by atoms with Crippen LogP contribution in [0.2, 0.25) is 0 Å². The van der Waals surface area contributed by atoms with E-state index in [0.29, 0.717) is 18.1 Å². The van der Waals surface area contributed by atoms with Crippen LogP contribution in [0.25, 0.3) is 0 Å². The Balaban J connectivity index is 1.50. The Morgan fingerprint density at radius 2 is 2.06 bits per heavy atom. The van der Waals surface area contributed by atoms with E-state index in [1.165, 1.54) is 6.42 Å². The van der Waals surface area contributed by atoms with E-state index in [9.17, 15) is 9.59 Å². The molecule has 0 aromatic carbocycles. The third kappa shape index (κ3) is 2.36. The van der Waals surface area contributed by atoms with Crippen molar-refractivity contribution < 1.29 is 9.59 Å². The zero-order valence-electron chi connectivity index (χ0n) is 10.8. The molecule has 3 aliphatic rings. The standard InChI is InChI=1S/C13H21N3O2/c1-16(7-12(17)15-8-2-3-8)13(18)10-6-9-4-5-11(10)14-9/h8-11,14H,2-7H2,1H3,(H,15,17). The lowest BCUT2D eigenvalue weighted by atomic mass is 9.88. The highest BCUT2D eigenvalue weighted by Crippen LogP contribution is 2.34. The van der Waals surface area contributed by atoms with Gasteiger partial charge in [-0.05, 0) is 32.1 Å². The molecule has 2 bridgehead atoms.